The predicted octanol–water partition coefficient (Wildman–Crippen LogP) is 3.94. The lowest BCUT2D eigenvalue weighted by atomic mass is 10.1. The zero-order valence-electron chi connectivity index (χ0n) is 12.2. The van der Waals surface area contributed by atoms with Gasteiger partial charge in [0, 0.05) is 16.8 Å². The molecule has 0 radical (unpaired) electrons. The second-order valence-corrected chi connectivity index (χ2v) is 5.39. The van der Waals surface area contributed by atoms with Crippen LogP contribution in [0.1, 0.15) is 24.1 Å². The van der Waals surface area contributed by atoms with Crippen molar-refractivity contribution in [3.8, 4) is 0 Å². The number of nitrogens with one attached hydrogen (secondary N) is 2. The molecule has 0 spiro atoms. The Morgan fingerprint density at radius 1 is 1.14 bits per heavy atom. The molecule has 110 valence electrons. The van der Waals surface area contributed by atoms with Gasteiger partial charge < -0.3 is 10.6 Å². The van der Waals surface area contributed by atoms with Crippen LogP contribution in [-0.2, 0) is 4.79 Å². The van der Waals surface area contributed by atoms with E-state index >= 15 is 0 Å². The fourth-order valence-corrected chi connectivity index (χ4v) is 2.39. The second-order valence-electron chi connectivity index (χ2n) is 4.99. The minimum Gasteiger partial charge on any atom is -0.325 e. The summed E-state index contributed by atoms with van der Waals surface area (Å²) in [7, 11) is 0. The van der Waals surface area contributed by atoms with E-state index in [0.29, 0.717) is 5.02 Å². The van der Waals surface area contributed by atoms with Crippen LogP contribution in [0, 0.1) is 6.92 Å². The Morgan fingerprint density at radius 3 is 2.52 bits per heavy atom. The molecular weight excluding hydrogens is 284 g/mol. The van der Waals surface area contributed by atoms with E-state index in [1.807, 2.05) is 62.4 Å². The molecule has 21 heavy (non-hydrogen) atoms. The van der Waals surface area contributed by atoms with E-state index < -0.39 is 0 Å². The lowest BCUT2D eigenvalue weighted by Crippen LogP contribution is -2.30. The van der Waals surface area contributed by atoms with Crippen LogP contribution in [0.3, 0.4) is 0 Å². The lowest BCUT2D eigenvalue weighted by Gasteiger charge is -2.16. The maximum absolute atomic E-state index is 12.0. The van der Waals surface area contributed by atoms with Gasteiger partial charge >= 0.3 is 0 Å². The molecule has 0 aliphatic rings. The van der Waals surface area contributed by atoms with Crippen LogP contribution in [0.15, 0.2) is 48.5 Å². The van der Waals surface area contributed by atoms with Crippen molar-refractivity contribution in [2.24, 2.45) is 0 Å². The van der Waals surface area contributed by atoms with Crippen LogP contribution in [0.25, 0.3) is 0 Å². The van der Waals surface area contributed by atoms with Gasteiger partial charge in [0.1, 0.15) is 0 Å². The van der Waals surface area contributed by atoms with E-state index in [4.69, 9.17) is 11.6 Å². The molecule has 0 saturated carbocycles. The van der Waals surface area contributed by atoms with Crippen LogP contribution >= 0.6 is 11.6 Å². The smallest absolute Gasteiger partial charge is 0.238 e. The summed E-state index contributed by atoms with van der Waals surface area (Å²) in [5.74, 6) is -0.0665. The number of carbonyl (C=O) groups is 1. The predicted molar refractivity (Wildman–Crippen MR) is 87.7 cm³/mol. The number of hydrogen-bond acceptors (Lipinski definition) is 2. The zero-order valence-corrected chi connectivity index (χ0v) is 12.9. The van der Waals surface area contributed by atoms with Gasteiger partial charge in [0.2, 0.25) is 5.91 Å². The molecule has 0 bridgehead atoms. The molecule has 0 aliphatic heterocycles. The molecule has 2 N–H and O–H groups in total. The minimum atomic E-state index is -0.0665. The molecule has 1 atom stereocenters. The molecule has 2 aromatic rings. The third-order valence-electron chi connectivity index (χ3n) is 3.36. The molecule has 0 heterocycles. The van der Waals surface area contributed by atoms with Crippen molar-refractivity contribution in [2.45, 2.75) is 19.9 Å². The maximum atomic E-state index is 12.0. The first-order chi connectivity index (χ1) is 10.1. The van der Waals surface area contributed by atoms with E-state index in [2.05, 4.69) is 10.6 Å². The van der Waals surface area contributed by atoms with Crippen LogP contribution in [0.5, 0.6) is 0 Å². The summed E-state index contributed by atoms with van der Waals surface area (Å²) in [5, 5.41) is 6.79. The van der Waals surface area contributed by atoms with Crippen molar-refractivity contribution in [1.29, 1.82) is 0 Å². The lowest BCUT2D eigenvalue weighted by molar-refractivity contribution is -0.115. The second kappa shape index (κ2) is 7.25. The molecule has 0 aromatic heterocycles. The standard InChI is InChI=1S/C17H19ClN2O/c1-12-7-3-6-10-16(12)20-17(21)11-19-13(2)14-8-4-5-9-15(14)18/h3-10,13,19H,11H2,1-2H3,(H,20,21)/t13-/m0/s1. The quantitative estimate of drug-likeness (QED) is 0.878. The van der Waals surface area contributed by atoms with Gasteiger partial charge in [-0.25, -0.2) is 0 Å². The van der Waals surface area contributed by atoms with Gasteiger partial charge in [0.05, 0.1) is 6.54 Å². The van der Waals surface area contributed by atoms with Gasteiger partial charge in [-0.15, -0.1) is 0 Å². The van der Waals surface area contributed by atoms with Crippen molar-refractivity contribution in [3.05, 3.63) is 64.7 Å². The number of benzene rings is 2. The van der Waals surface area contributed by atoms with Crippen LogP contribution < -0.4 is 10.6 Å². The number of hydrogen-bond donors (Lipinski definition) is 2. The van der Waals surface area contributed by atoms with Crippen molar-refractivity contribution in [2.75, 3.05) is 11.9 Å². The van der Waals surface area contributed by atoms with Gasteiger partial charge in [0.15, 0.2) is 0 Å². The summed E-state index contributed by atoms with van der Waals surface area (Å²) in [5.41, 5.74) is 2.88. The highest BCUT2D eigenvalue weighted by Gasteiger charge is 2.10. The van der Waals surface area contributed by atoms with E-state index in [1.165, 1.54) is 0 Å². The Kier molecular flexibility index (Phi) is 5.37. The van der Waals surface area contributed by atoms with Gasteiger partial charge in [-0.1, -0.05) is 48.0 Å². The molecule has 1 amide bonds. The molecular formula is C17H19ClN2O. The summed E-state index contributed by atoms with van der Waals surface area (Å²) >= 11 is 6.14. The van der Waals surface area contributed by atoms with Crippen LogP contribution in [-0.4, -0.2) is 12.5 Å². The average Bonchev–Trinajstić information content (AvgIpc) is 2.48. The van der Waals surface area contributed by atoms with Crippen LogP contribution in [0.2, 0.25) is 5.02 Å². The summed E-state index contributed by atoms with van der Waals surface area (Å²) in [4.78, 5) is 12.0. The maximum Gasteiger partial charge on any atom is 0.238 e. The largest absolute Gasteiger partial charge is 0.325 e. The first kappa shape index (κ1) is 15.5. The number of anilines is 1. The Morgan fingerprint density at radius 2 is 1.81 bits per heavy atom. The number of aryl methyl sites for hydroxylation is 1. The normalized spacial score (nSPS) is 12.0. The van der Waals surface area contributed by atoms with E-state index in [0.717, 1.165) is 16.8 Å². The van der Waals surface area contributed by atoms with Gasteiger partial charge in [-0.05, 0) is 37.1 Å². The highest BCUT2D eigenvalue weighted by molar-refractivity contribution is 6.31. The fourth-order valence-electron chi connectivity index (χ4n) is 2.09. The highest BCUT2D eigenvalue weighted by atomic mass is 35.5. The summed E-state index contributed by atoms with van der Waals surface area (Å²) in [6.45, 7) is 4.19. The van der Waals surface area contributed by atoms with Gasteiger partial charge in [-0.2, -0.15) is 0 Å². The topological polar surface area (TPSA) is 41.1 Å². The minimum absolute atomic E-state index is 0.0151. The Hall–Kier alpha value is -1.84. The SMILES string of the molecule is Cc1ccccc1NC(=O)CN[C@@H](C)c1ccccc1Cl. The first-order valence-corrected chi connectivity index (χ1v) is 7.29. The third kappa shape index (κ3) is 4.31. The molecule has 0 saturated heterocycles. The highest BCUT2D eigenvalue weighted by Crippen LogP contribution is 2.21. The van der Waals surface area contributed by atoms with Crippen molar-refractivity contribution >= 4 is 23.2 Å². The third-order valence-corrected chi connectivity index (χ3v) is 3.70. The molecule has 4 heteroatoms. The Bertz CT molecular complexity index is 628. The monoisotopic (exact) mass is 302 g/mol. The number of para-hydroxylation sites is 1. The van der Waals surface area contributed by atoms with E-state index in [1.54, 1.807) is 0 Å². The van der Waals surface area contributed by atoms with Crippen LogP contribution in [0.4, 0.5) is 5.69 Å². The number of amides is 1. The zero-order chi connectivity index (χ0) is 15.2. The van der Waals surface area contributed by atoms with Crippen molar-refractivity contribution < 1.29 is 4.79 Å². The van der Waals surface area contributed by atoms with E-state index in [-0.39, 0.29) is 18.5 Å². The number of rotatable bonds is 5. The first-order valence-electron chi connectivity index (χ1n) is 6.91. The fraction of sp³-hybridized carbons (Fsp3) is 0.235. The average molecular weight is 303 g/mol. The number of halogens is 1. The van der Waals surface area contributed by atoms with E-state index in [9.17, 15) is 4.79 Å². The molecule has 0 aliphatic carbocycles. The van der Waals surface area contributed by atoms with Gasteiger partial charge in [0.25, 0.3) is 0 Å². The Balaban J connectivity index is 1.90. The summed E-state index contributed by atoms with van der Waals surface area (Å²) in [6.07, 6.45) is 0. The molecule has 0 fully saturated rings. The van der Waals surface area contributed by atoms with Gasteiger partial charge in [-0.3, -0.25) is 4.79 Å². The summed E-state index contributed by atoms with van der Waals surface area (Å²) < 4.78 is 0. The Labute approximate surface area is 130 Å². The molecule has 3 nitrogen and oxygen atoms in total. The molecule has 2 rings (SSSR count). The molecule has 2 aromatic carbocycles. The number of carbonyl (C=O) groups excluding carboxylic acids is 1. The summed E-state index contributed by atoms with van der Waals surface area (Å²) in [6, 6.07) is 15.4. The van der Waals surface area contributed by atoms with Crippen molar-refractivity contribution in [1.82, 2.24) is 5.32 Å². The molecule has 0 unspecified atom stereocenters. The van der Waals surface area contributed by atoms with Crippen molar-refractivity contribution in [3.63, 3.8) is 0 Å².